The molecule has 39 nitrogen and oxygen atoms in total. The monoisotopic (exact) mass is 1610 g/mol. The van der Waals surface area contributed by atoms with E-state index in [9.17, 15) is 117 Å². The number of fused-ring (bicyclic) bond motifs is 7. The molecule has 0 aromatic heterocycles. The van der Waals surface area contributed by atoms with Gasteiger partial charge in [-0.2, -0.15) is 0 Å². The van der Waals surface area contributed by atoms with E-state index >= 15 is 4.79 Å². The molecule has 0 bridgehead atoms. The third kappa shape index (κ3) is 15.2. The first kappa shape index (κ1) is 87.8. The van der Waals surface area contributed by atoms with E-state index < -0.39 is 310 Å². The van der Waals surface area contributed by atoms with Crippen LogP contribution in [0.15, 0.2) is 11.6 Å². The Labute approximate surface area is 643 Å². The van der Waals surface area contributed by atoms with Gasteiger partial charge in [-0.15, -0.1) is 0 Å². The summed E-state index contributed by atoms with van der Waals surface area (Å²) < 4.78 is 91.6. The van der Waals surface area contributed by atoms with Gasteiger partial charge < -0.3 is 178 Å². The third-order valence-electron chi connectivity index (χ3n) is 27.5. The Morgan fingerprint density at radius 2 is 0.991 bits per heavy atom. The van der Waals surface area contributed by atoms with Gasteiger partial charge in [0.2, 0.25) is 6.29 Å². The van der Waals surface area contributed by atoms with Crippen LogP contribution in [0.25, 0.3) is 0 Å². The highest BCUT2D eigenvalue weighted by Gasteiger charge is 2.73. The highest BCUT2D eigenvalue weighted by Crippen LogP contribution is 2.76. The smallest absolute Gasteiger partial charge is 0.335 e. The van der Waals surface area contributed by atoms with Gasteiger partial charge in [-0.25, -0.2) is 4.79 Å². The van der Waals surface area contributed by atoms with Gasteiger partial charge in [0, 0.05) is 6.92 Å². The summed E-state index contributed by atoms with van der Waals surface area (Å²) in [6.45, 7) is 12.4. The van der Waals surface area contributed by atoms with E-state index in [0.29, 0.717) is 38.5 Å². The normalized spacial score (nSPS) is 53.6. The van der Waals surface area contributed by atoms with E-state index in [2.05, 4.69) is 26.8 Å². The maximum atomic E-state index is 16.3. The summed E-state index contributed by atoms with van der Waals surface area (Å²) in [5, 5.41) is 221. The molecule has 44 unspecified atom stereocenters. The molecule has 0 aromatic rings. The lowest BCUT2D eigenvalue weighted by molar-refractivity contribution is -0.394. The minimum atomic E-state index is -2.25. The number of rotatable bonds is 20. The van der Waals surface area contributed by atoms with Crippen molar-refractivity contribution in [3.8, 4) is 0 Å². The number of carbonyl (C=O) groups is 4. The predicted molar refractivity (Wildman–Crippen MR) is 364 cm³/mol. The van der Waals surface area contributed by atoms with Crippen LogP contribution in [0.3, 0.4) is 0 Å². The molecule has 7 heterocycles. The van der Waals surface area contributed by atoms with Crippen LogP contribution in [0.4, 0.5) is 0 Å². The molecule has 12 aliphatic rings. The fourth-order valence-corrected chi connectivity index (χ4v) is 20.8. The summed E-state index contributed by atoms with van der Waals surface area (Å²) in [6.07, 6.45) is -62.6. The Morgan fingerprint density at radius 1 is 0.482 bits per heavy atom. The number of aliphatic carboxylic acids is 1. The van der Waals surface area contributed by atoms with Gasteiger partial charge in [-0.05, 0) is 111 Å². The minimum absolute atomic E-state index is 0.0182. The van der Waals surface area contributed by atoms with Gasteiger partial charge >= 0.3 is 17.9 Å². The Kier molecular flexibility index (Phi) is 26.1. The first-order valence-electron chi connectivity index (χ1n) is 38.5. The van der Waals surface area contributed by atoms with E-state index in [1.807, 2.05) is 13.8 Å². The Hall–Kier alpha value is -3.46. The quantitative estimate of drug-likeness (QED) is 0.0233. The van der Waals surface area contributed by atoms with Gasteiger partial charge in [-0.3, -0.25) is 9.59 Å². The van der Waals surface area contributed by atoms with E-state index in [4.69, 9.17) is 71.1 Å². The maximum Gasteiger partial charge on any atom is 0.335 e. The first-order valence-corrected chi connectivity index (χ1v) is 38.5. The number of ether oxygens (including phenoxy) is 15. The van der Waals surface area contributed by atoms with Gasteiger partial charge in [0.25, 0.3) is 0 Å². The zero-order chi connectivity index (χ0) is 82.0. The second-order valence-electron chi connectivity index (χ2n) is 34.6. The Balaban J connectivity index is 0.861. The number of aliphatic hydroxyl groups excluding tert-OH is 19. The zero-order valence-corrected chi connectivity index (χ0v) is 63.6. The number of carboxylic acid groups (broad SMARTS) is 1. The number of carboxylic acids is 1. The van der Waals surface area contributed by atoms with Gasteiger partial charge in [0.1, 0.15) is 146 Å². The highest BCUT2D eigenvalue weighted by molar-refractivity contribution is 5.80. The molecule has 0 amide bonds. The predicted octanol–water partition coefficient (Wildman–Crippen LogP) is -7.06. The van der Waals surface area contributed by atoms with Crippen molar-refractivity contribution in [2.45, 2.75) is 341 Å². The van der Waals surface area contributed by atoms with Crippen LogP contribution in [-0.4, -0.2) is 374 Å². The van der Waals surface area contributed by atoms with E-state index in [1.165, 1.54) is 13.8 Å². The van der Waals surface area contributed by atoms with Crippen molar-refractivity contribution in [1.29, 1.82) is 0 Å². The van der Waals surface area contributed by atoms with Crippen molar-refractivity contribution in [2.24, 2.45) is 50.2 Å². The van der Waals surface area contributed by atoms with Crippen molar-refractivity contribution in [1.82, 2.24) is 0 Å². The number of aldehydes is 1. The molecule has 0 aromatic carbocycles. The lowest BCUT2D eigenvalue weighted by Gasteiger charge is -2.71. The molecule has 5 aliphatic carbocycles. The highest BCUT2D eigenvalue weighted by atomic mass is 16.8. The molecular weight excluding hydrogens is 1500 g/mol. The molecule has 44 atom stereocenters. The van der Waals surface area contributed by atoms with Crippen LogP contribution in [0.2, 0.25) is 0 Å². The number of esters is 2. The third-order valence-corrected chi connectivity index (χ3v) is 27.5. The minimum Gasteiger partial charge on any atom is -0.479 e. The van der Waals surface area contributed by atoms with E-state index in [0.717, 1.165) is 18.8 Å². The molecule has 0 radical (unpaired) electrons. The number of hydrogen-bond acceptors (Lipinski definition) is 38. The molecule has 640 valence electrons. The van der Waals surface area contributed by atoms with Crippen LogP contribution in [0, 0.1) is 50.2 Å². The molecule has 4 saturated carbocycles. The molecule has 112 heavy (non-hydrogen) atoms. The number of aliphatic hydroxyl groups is 19. The number of carbonyl (C=O) groups excluding carboxylic acids is 3. The molecule has 7 aliphatic heterocycles. The standard InChI is InChI=1S/C73H114O39/c1-25-38(81)53(106-61-47(90)43(86)40(83)31(20-74)102-61)51(94)64(99-25)111-58-56(109-62-48(91)44(87)41(84)32(21-75)103-62)52(101-27(3)78)26(2)100-65(58)112-67(97)73-17-16-68(4,5)18-29(73)28-10-11-35-69(6)14-13-37(70(7,24-77)34(69)12-15-71(35,8)72(28,9)19-36(73)80)105-66-57(110-63-49(92)45(88)42(85)33(22-76)104-63)54(50(93)55(108-66)59(95)96)107-60-46(89)39(82)30(79)23-98-60/h10,24-26,29-58,60-66,74-76,79-94H,11-23H2,1-9H3,(H,95,96). The van der Waals surface area contributed by atoms with Gasteiger partial charge in [0.15, 0.2) is 56.1 Å². The van der Waals surface area contributed by atoms with Crippen LogP contribution < -0.4 is 0 Å². The van der Waals surface area contributed by atoms with E-state index in [-0.39, 0.29) is 25.2 Å². The van der Waals surface area contributed by atoms with Crippen LogP contribution in [-0.2, 0) is 90.2 Å². The first-order chi connectivity index (χ1) is 52.5. The maximum absolute atomic E-state index is 16.3. The molecule has 12 rings (SSSR count). The second-order valence-corrected chi connectivity index (χ2v) is 34.6. The van der Waals surface area contributed by atoms with E-state index in [1.54, 1.807) is 6.92 Å². The SMILES string of the molecule is CC(=O)OC1C(C)OC(OC(=O)C23CCC(C)(C)CC2C2=CCC4C5(C)CCC(OC6OC(C(=O)O)C(O)C(OC7OCC(O)C(O)C7O)C6OC6OC(CO)C(O)C(O)C6O)C(C)(C=O)C5CCC4(C)C2(C)CC3O)C(OC2OC(C)C(O)C(OC3OC(CO)C(O)C(O)C3O)C2O)C1OC1OC(CO)C(O)C(O)C1O. The summed E-state index contributed by atoms with van der Waals surface area (Å²) in [7, 11) is 0. The summed E-state index contributed by atoms with van der Waals surface area (Å²) in [5.74, 6) is -5.38. The van der Waals surface area contributed by atoms with Crippen molar-refractivity contribution < 1.29 is 192 Å². The topological polar surface area (TPSA) is 611 Å². The van der Waals surface area contributed by atoms with Crippen molar-refractivity contribution in [2.75, 3.05) is 26.4 Å². The van der Waals surface area contributed by atoms with Crippen LogP contribution >= 0.6 is 0 Å². The van der Waals surface area contributed by atoms with Gasteiger partial charge in [-0.1, -0.05) is 53.2 Å². The molecule has 11 fully saturated rings. The molecular formula is C73H114O39. The molecule has 39 heteroatoms. The zero-order valence-electron chi connectivity index (χ0n) is 63.6. The number of hydrogen-bond donors (Lipinski definition) is 20. The average molecular weight is 1620 g/mol. The lowest BCUT2D eigenvalue weighted by Crippen LogP contribution is -2.70. The second kappa shape index (κ2) is 33.3. The van der Waals surface area contributed by atoms with Gasteiger partial charge in [0.05, 0.1) is 56.3 Å². The fourth-order valence-electron chi connectivity index (χ4n) is 20.8. The molecule has 0 spiro atoms. The fraction of sp³-hybridized carbons (Fsp3) is 0.918. The van der Waals surface area contributed by atoms with Crippen LogP contribution in [0.5, 0.6) is 0 Å². The van der Waals surface area contributed by atoms with Crippen LogP contribution in [0.1, 0.15) is 120 Å². The van der Waals surface area contributed by atoms with Crippen molar-refractivity contribution in [3.05, 3.63) is 11.6 Å². The molecule has 7 saturated heterocycles. The summed E-state index contributed by atoms with van der Waals surface area (Å²) >= 11 is 0. The average Bonchev–Trinajstić information content (AvgIpc) is 0.668. The lowest BCUT2D eigenvalue weighted by atomic mass is 9.33. The summed E-state index contributed by atoms with van der Waals surface area (Å²) in [4.78, 5) is 56.9. The summed E-state index contributed by atoms with van der Waals surface area (Å²) in [5.41, 5.74) is -5.44. The summed E-state index contributed by atoms with van der Waals surface area (Å²) in [6, 6.07) is 0. The van der Waals surface area contributed by atoms with Crippen molar-refractivity contribution in [3.63, 3.8) is 0 Å². The Morgan fingerprint density at radius 3 is 1.53 bits per heavy atom. The number of allylic oxidation sites excluding steroid dienone is 2. The largest absolute Gasteiger partial charge is 0.479 e. The Bertz CT molecular complexity index is 3310. The van der Waals surface area contributed by atoms with Crippen molar-refractivity contribution >= 4 is 24.2 Å². The molecule has 20 N–H and O–H groups in total.